The molecule has 10 heteroatoms. The smallest absolute Gasteiger partial charge is 0.279 e. The summed E-state index contributed by atoms with van der Waals surface area (Å²) >= 11 is 5.98. The summed E-state index contributed by atoms with van der Waals surface area (Å²) in [5.74, 6) is 1.51. The number of methoxy groups -OCH3 is 1. The quantitative estimate of drug-likeness (QED) is 0.293. The standard InChI is InChI=1S/C29H32ClN5O3S/c1-38-26-13-9-23(10-14-26)28-27(32-29(33-28)24-5-3-2-4-6-24)15-16-31-39(36,37)35-19-17-34(18-20-35)21-22-7-11-25(30)12-8-22/h2-14,31H,15-21H2,1H3,(H,32,33). The van der Waals surface area contributed by atoms with Crippen molar-refractivity contribution in [2.45, 2.75) is 13.0 Å². The average molecular weight is 566 g/mol. The molecule has 5 rings (SSSR count). The van der Waals surface area contributed by atoms with Crippen molar-refractivity contribution in [3.63, 3.8) is 0 Å². The molecule has 0 unspecified atom stereocenters. The number of nitrogens with zero attached hydrogens (tertiary/aromatic N) is 3. The monoisotopic (exact) mass is 565 g/mol. The highest BCUT2D eigenvalue weighted by molar-refractivity contribution is 7.87. The van der Waals surface area contributed by atoms with Gasteiger partial charge in [0, 0.05) is 61.8 Å². The van der Waals surface area contributed by atoms with E-state index in [4.69, 9.17) is 21.3 Å². The van der Waals surface area contributed by atoms with Crippen LogP contribution >= 0.6 is 11.6 Å². The van der Waals surface area contributed by atoms with Crippen molar-refractivity contribution in [2.24, 2.45) is 0 Å². The van der Waals surface area contributed by atoms with Crippen LogP contribution in [0.4, 0.5) is 0 Å². The lowest BCUT2D eigenvalue weighted by atomic mass is 10.1. The number of halogens is 1. The molecule has 1 fully saturated rings. The van der Waals surface area contributed by atoms with E-state index >= 15 is 0 Å². The molecule has 1 aliphatic heterocycles. The van der Waals surface area contributed by atoms with Gasteiger partial charge in [-0.2, -0.15) is 12.7 Å². The normalized spacial score (nSPS) is 14.9. The van der Waals surface area contributed by atoms with E-state index in [2.05, 4.69) is 14.6 Å². The second kappa shape index (κ2) is 12.3. The van der Waals surface area contributed by atoms with Gasteiger partial charge in [0.2, 0.25) is 0 Å². The van der Waals surface area contributed by atoms with Gasteiger partial charge in [-0.15, -0.1) is 0 Å². The van der Waals surface area contributed by atoms with Crippen molar-refractivity contribution in [1.82, 2.24) is 23.9 Å². The molecule has 0 saturated carbocycles. The molecule has 1 aliphatic rings. The van der Waals surface area contributed by atoms with Crippen molar-refractivity contribution in [1.29, 1.82) is 0 Å². The molecule has 4 aromatic rings. The molecule has 0 atom stereocenters. The van der Waals surface area contributed by atoms with Gasteiger partial charge in [-0.3, -0.25) is 4.90 Å². The number of imidazole rings is 1. The van der Waals surface area contributed by atoms with Crippen LogP contribution in [0.15, 0.2) is 78.9 Å². The molecule has 0 spiro atoms. The number of H-pyrrole nitrogens is 1. The Balaban J connectivity index is 1.22. The summed E-state index contributed by atoms with van der Waals surface area (Å²) in [5, 5.41) is 0.711. The number of nitrogens with one attached hydrogen (secondary N) is 2. The first-order valence-electron chi connectivity index (χ1n) is 12.9. The fraction of sp³-hybridized carbons (Fsp3) is 0.276. The van der Waals surface area contributed by atoms with E-state index in [0.29, 0.717) is 37.6 Å². The number of aromatic amines is 1. The summed E-state index contributed by atoms with van der Waals surface area (Å²) in [4.78, 5) is 10.5. The zero-order chi connectivity index (χ0) is 27.2. The van der Waals surface area contributed by atoms with E-state index in [1.54, 1.807) is 7.11 Å². The summed E-state index contributed by atoms with van der Waals surface area (Å²) in [7, 11) is -1.97. The van der Waals surface area contributed by atoms with E-state index in [1.807, 2.05) is 78.9 Å². The predicted molar refractivity (Wildman–Crippen MR) is 155 cm³/mol. The largest absolute Gasteiger partial charge is 0.497 e. The third-order valence-corrected chi connectivity index (χ3v) is 8.71. The second-order valence-corrected chi connectivity index (χ2v) is 11.6. The lowest BCUT2D eigenvalue weighted by molar-refractivity contribution is 0.180. The third kappa shape index (κ3) is 6.87. The SMILES string of the molecule is COc1ccc(-c2[nH]c(-c3ccccc3)nc2CCNS(=O)(=O)N2CCN(Cc3ccc(Cl)cc3)CC2)cc1. The average Bonchev–Trinajstić information content (AvgIpc) is 3.39. The van der Waals surface area contributed by atoms with Crippen molar-refractivity contribution >= 4 is 21.8 Å². The highest BCUT2D eigenvalue weighted by atomic mass is 35.5. The van der Waals surface area contributed by atoms with E-state index in [-0.39, 0.29) is 6.54 Å². The van der Waals surface area contributed by atoms with Gasteiger partial charge in [-0.05, 0) is 42.0 Å². The van der Waals surface area contributed by atoms with Crippen molar-refractivity contribution in [3.05, 3.63) is 95.1 Å². The minimum Gasteiger partial charge on any atom is -0.497 e. The van der Waals surface area contributed by atoms with Gasteiger partial charge in [0.05, 0.1) is 18.5 Å². The Morgan fingerprint density at radius 3 is 2.28 bits per heavy atom. The molecule has 3 aromatic carbocycles. The minimum atomic E-state index is -3.60. The van der Waals surface area contributed by atoms with Crippen LogP contribution in [-0.4, -0.2) is 67.4 Å². The summed E-state index contributed by atoms with van der Waals surface area (Å²) in [6.07, 6.45) is 0.445. The Bertz CT molecular complexity index is 1470. The number of benzene rings is 3. The Labute approximate surface area is 234 Å². The summed E-state index contributed by atoms with van der Waals surface area (Å²) in [6, 6.07) is 25.4. The third-order valence-electron chi connectivity index (χ3n) is 6.84. The number of piperazine rings is 1. The molecule has 204 valence electrons. The van der Waals surface area contributed by atoms with E-state index in [0.717, 1.165) is 46.2 Å². The molecule has 1 saturated heterocycles. The summed E-state index contributed by atoms with van der Waals surface area (Å²) < 4.78 is 35.7. The van der Waals surface area contributed by atoms with Crippen LogP contribution < -0.4 is 9.46 Å². The van der Waals surface area contributed by atoms with E-state index in [9.17, 15) is 8.42 Å². The van der Waals surface area contributed by atoms with Crippen LogP contribution in [0.5, 0.6) is 5.75 Å². The first-order valence-corrected chi connectivity index (χ1v) is 14.7. The molecular formula is C29H32ClN5O3S. The molecule has 39 heavy (non-hydrogen) atoms. The minimum absolute atomic E-state index is 0.246. The first kappa shape index (κ1) is 27.4. The van der Waals surface area contributed by atoms with Crippen LogP contribution in [0.25, 0.3) is 22.6 Å². The van der Waals surface area contributed by atoms with Crippen molar-refractivity contribution in [3.8, 4) is 28.4 Å². The zero-order valence-electron chi connectivity index (χ0n) is 21.8. The summed E-state index contributed by atoms with van der Waals surface area (Å²) in [6.45, 7) is 3.25. The van der Waals surface area contributed by atoms with Gasteiger partial charge >= 0.3 is 0 Å². The van der Waals surface area contributed by atoms with Crippen LogP contribution in [0.3, 0.4) is 0 Å². The molecule has 0 amide bonds. The Hall–Kier alpha value is -3.21. The van der Waals surface area contributed by atoms with Gasteiger partial charge in [0.25, 0.3) is 10.2 Å². The van der Waals surface area contributed by atoms with Gasteiger partial charge in [-0.1, -0.05) is 54.1 Å². The molecule has 2 N–H and O–H groups in total. The number of hydrogen-bond acceptors (Lipinski definition) is 5. The highest BCUT2D eigenvalue weighted by Crippen LogP contribution is 2.28. The lowest BCUT2D eigenvalue weighted by Gasteiger charge is -2.33. The number of ether oxygens (including phenoxy) is 1. The Morgan fingerprint density at radius 1 is 0.923 bits per heavy atom. The van der Waals surface area contributed by atoms with Gasteiger partial charge < -0.3 is 9.72 Å². The topological polar surface area (TPSA) is 90.6 Å². The van der Waals surface area contributed by atoms with Gasteiger partial charge in [0.1, 0.15) is 11.6 Å². The molecule has 8 nitrogen and oxygen atoms in total. The van der Waals surface area contributed by atoms with Crippen LogP contribution in [0, 0.1) is 0 Å². The molecule has 2 heterocycles. The number of aromatic nitrogens is 2. The second-order valence-electron chi connectivity index (χ2n) is 9.45. The van der Waals surface area contributed by atoms with Gasteiger partial charge in [0.15, 0.2) is 0 Å². The lowest BCUT2D eigenvalue weighted by Crippen LogP contribution is -2.51. The number of rotatable bonds is 10. The first-order chi connectivity index (χ1) is 18.9. The van der Waals surface area contributed by atoms with Crippen LogP contribution in [0.2, 0.25) is 5.02 Å². The maximum atomic E-state index is 13.1. The molecule has 1 aromatic heterocycles. The van der Waals surface area contributed by atoms with Crippen molar-refractivity contribution < 1.29 is 13.2 Å². The van der Waals surface area contributed by atoms with Crippen LogP contribution in [0.1, 0.15) is 11.3 Å². The fourth-order valence-corrected chi connectivity index (χ4v) is 6.00. The Kier molecular flexibility index (Phi) is 8.64. The maximum Gasteiger partial charge on any atom is 0.279 e. The van der Waals surface area contributed by atoms with Gasteiger partial charge in [-0.25, -0.2) is 9.71 Å². The fourth-order valence-electron chi connectivity index (χ4n) is 4.69. The predicted octanol–water partition coefficient (Wildman–Crippen LogP) is 4.60. The molecule has 0 radical (unpaired) electrons. The summed E-state index contributed by atoms with van der Waals surface area (Å²) in [5.41, 5.74) is 4.76. The van der Waals surface area contributed by atoms with E-state index in [1.165, 1.54) is 4.31 Å². The van der Waals surface area contributed by atoms with Crippen molar-refractivity contribution in [2.75, 3.05) is 39.8 Å². The molecule has 0 bridgehead atoms. The Morgan fingerprint density at radius 2 is 1.62 bits per heavy atom. The van der Waals surface area contributed by atoms with E-state index < -0.39 is 10.2 Å². The molecule has 0 aliphatic carbocycles. The highest BCUT2D eigenvalue weighted by Gasteiger charge is 2.27. The maximum absolute atomic E-state index is 13.1. The van der Waals surface area contributed by atoms with Crippen LogP contribution in [-0.2, 0) is 23.2 Å². The number of hydrogen-bond donors (Lipinski definition) is 2. The molecular weight excluding hydrogens is 534 g/mol. The zero-order valence-corrected chi connectivity index (χ0v) is 23.4.